The first kappa shape index (κ1) is 25.8. The number of hydrogen-bond donors (Lipinski definition) is 2. The van der Waals surface area contributed by atoms with Crippen molar-refractivity contribution in [2.24, 2.45) is 0 Å². The Morgan fingerprint density at radius 1 is 0.892 bits per heavy atom. The SMILES string of the molecule is COc1ccc(CC(=O)NCc2nnc(SCC(=O)Nc3ccc(F)cc3)n2-c2ccc(F)cc2)cc1. The standard InChI is InChI=1S/C26H23F2N5O3S/c1-36-22-12-2-17(3-13-22)14-24(34)29-15-23-31-32-26(33(23)21-10-6-19(28)7-11-21)37-16-25(35)30-20-8-4-18(27)5-9-20/h2-13H,14-16H2,1H3,(H,29,34)(H,30,35). The molecule has 190 valence electrons. The minimum atomic E-state index is -0.404. The second-order valence-electron chi connectivity index (χ2n) is 7.86. The smallest absolute Gasteiger partial charge is 0.234 e. The van der Waals surface area contributed by atoms with E-state index in [0.29, 0.717) is 28.1 Å². The predicted octanol–water partition coefficient (Wildman–Crippen LogP) is 4.14. The van der Waals surface area contributed by atoms with Crippen molar-refractivity contribution in [3.05, 3.63) is 95.8 Å². The van der Waals surface area contributed by atoms with Gasteiger partial charge in [-0.3, -0.25) is 14.2 Å². The van der Waals surface area contributed by atoms with Gasteiger partial charge in [-0.1, -0.05) is 23.9 Å². The largest absolute Gasteiger partial charge is 0.497 e. The number of aromatic nitrogens is 3. The zero-order valence-electron chi connectivity index (χ0n) is 19.8. The molecule has 1 heterocycles. The number of anilines is 1. The summed E-state index contributed by atoms with van der Waals surface area (Å²) in [6.07, 6.45) is 0.167. The second-order valence-corrected chi connectivity index (χ2v) is 8.80. The van der Waals surface area contributed by atoms with Crippen molar-refractivity contribution in [2.75, 3.05) is 18.2 Å². The van der Waals surface area contributed by atoms with E-state index in [1.54, 1.807) is 35.9 Å². The zero-order chi connectivity index (χ0) is 26.2. The Labute approximate surface area is 216 Å². The Bertz CT molecular complexity index is 1360. The van der Waals surface area contributed by atoms with Crippen LogP contribution in [0.4, 0.5) is 14.5 Å². The lowest BCUT2D eigenvalue weighted by molar-refractivity contribution is -0.120. The molecule has 0 aliphatic carbocycles. The molecule has 3 aromatic carbocycles. The summed E-state index contributed by atoms with van der Waals surface area (Å²) < 4.78 is 33.4. The molecule has 4 aromatic rings. The molecule has 0 bridgehead atoms. The highest BCUT2D eigenvalue weighted by molar-refractivity contribution is 7.99. The van der Waals surface area contributed by atoms with E-state index < -0.39 is 11.6 Å². The molecule has 1 aromatic heterocycles. The van der Waals surface area contributed by atoms with Crippen LogP contribution in [0.15, 0.2) is 78.0 Å². The molecule has 0 aliphatic heterocycles. The summed E-state index contributed by atoms with van der Waals surface area (Å²) in [5, 5.41) is 14.3. The third-order valence-corrected chi connectivity index (χ3v) is 6.14. The molecule has 0 unspecified atom stereocenters. The van der Waals surface area contributed by atoms with Gasteiger partial charge in [0.15, 0.2) is 11.0 Å². The highest BCUT2D eigenvalue weighted by Gasteiger charge is 2.17. The van der Waals surface area contributed by atoms with E-state index in [0.717, 1.165) is 17.3 Å². The normalized spacial score (nSPS) is 10.7. The Morgan fingerprint density at radius 3 is 2.19 bits per heavy atom. The van der Waals surface area contributed by atoms with E-state index in [1.165, 1.54) is 36.4 Å². The quantitative estimate of drug-likeness (QED) is 0.303. The molecule has 0 saturated carbocycles. The first-order chi connectivity index (χ1) is 17.9. The lowest BCUT2D eigenvalue weighted by atomic mass is 10.1. The molecule has 0 aliphatic rings. The number of carbonyl (C=O) groups is 2. The summed E-state index contributed by atoms with van der Waals surface area (Å²) in [6.45, 7) is 0.0711. The fraction of sp³-hybridized carbons (Fsp3) is 0.154. The Hall–Kier alpha value is -4.25. The van der Waals surface area contributed by atoms with Crippen LogP contribution in [0.5, 0.6) is 5.75 Å². The number of carbonyl (C=O) groups excluding carboxylic acids is 2. The molecule has 0 fully saturated rings. The molecule has 0 saturated heterocycles. The molecule has 0 radical (unpaired) electrons. The van der Waals surface area contributed by atoms with Gasteiger partial charge in [0.2, 0.25) is 11.8 Å². The number of nitrogens with one attached hydrogen (secondary N) is 2. The number of halogens is 2. The maximum atomic E-state index is 13.5. The first-order valence-corrected chi connectivity index (χ1v) is 12.2. The summed E-state index contributed by atoms with van der Waals surface area (Å²) in [4.78, 5) is 24.9. The topological polar surface area (TPSA) is 98.1 Å². The first-order valence-electron chi connectivity index (χ1n) is 11.2. The van der Waals surface area contributed by atoms with E-state index in [4.69, 9.17) is 4.74 Å². The number of hydrogen-bond acceptors (Lipinski definition) is 6. The van der Waals surface area contributed by atoms with Crippen LogP contribution in [0.2, 0.25) is 0 Å². The summed E-state index contributed by atoms with van der Waals surface area (Å²) >= 11 is 1.12. The number of benzene rings is 3. The summed E-state index contributed by atoms with van der Waals surface area (Å²) in [5.74, 6) is -0.224. The van der Waals surface area contributed by atoms with Gasteiger partial charge in [0.25, 0.3) is 0 Å². The molecule has 2 N–H and O–H groups in total. The van der Waals surface area contributed by atoms with Crippen molar-refractivity contribution < 1.29 is 23.1 Å². The average molecular weight is 524 g/mol. The van der Waals surface area contributed by atoms with Crippen LogP contribution in [0.1, 0.15) is 11.4 Å². The van der Waals surface area contributed by atoms with E-state index in [9.17, 15) is 18.4 Å². The van der Waals surface area contributed by atoms with Crippen molar-refractivity contribution in [2.45, 2.75) is 18.1 Å². The molecule has 37 heavy (non-hydrogen) atoms. The summed E-state index contributed by atoms with van der Waals surface area (Å²) in [5.41, 5.74) is 1.86. The molecular formula is C26H23F2N5O3S. The van der Waals surface area contributed by atoms with Gasteiger partial charge >= 0.3 is 0 Å². The Morgan fingerprint density at radius 2 is 1.54 bits per heavy atom. The predicted molar refractivity (Wildman–Crippen MR) is 136 cm³/mol. The molecule has 4 rings (SSSR count). The van der Waals surface area contributed by atoms with Gasteiger partial charge in [0.05, 0.1) is 25.8 Å². The summed E-state index contributed by atoms with van der Waals surface area (Å²) in [6, 6.07) is 18.3. The number of nitrogens with zero attached hydrogens (tertiary/aromatic N) is 3. The van der Waals surface area contributed by atoms with Crippen LogP contribution in [0, 0.1) is 11.6 Å². The average Bonchev–Trinajstić information content (AvgIpc) is 3.31. The van der Waals surface area contributed by atoms with Crippen LogP contribution in [-0.4, -0.2) is 39.4 Å². The van der Waals surface area contributed by atoms with E-state index >= 15 is 0 Å². The van der Waals surface area contributed by atoms with Crippen LogP contribution < -0.4 is 15.4 Å². The van der Waals surface area contributed by atoms with Gasteiger partial charge in [-0.15, -0.1) is 10.2 Å². The Balaban J connectivity index is 1.44. The maximum Gasteiger partial charge on any atom is 0.234 e. The van der Waals surface area contributed by atoms with Crippen LogP contribution >= 0.6 is 11.8 Å². The van der Waals surface area contributed by atoms with Crippen molar-refractivity contribution in [3.63, 3.8) is 0 Å². The highest BCUT2D eigenvalue weighted by Crippen LogP contribution is 2.23. The minimum Gasteiger partial charge on any atom is -0.497 e. The third kappa shape index (κ3) is 7.14. The van der Waals surface area contributed by atoms with Gasteiger partial charge < -0.3 is 15.4 Å². The number of rotatable bonds is 10. The fourth-order valence-corrected chi connectivity index (χ4v) is 4.16. The van der Waals surface area contributed by atoms with Crippen LogP contribution in [0.25, 0.3) is 5.69 Å². The third-order valence-electron chi connectivity index (χ3n) is 5.21. The zero-order valence-corrected chi connectivity index (χ0v) is 20.6. The molecule has 0 spiro atoms. The van der Waals surface area contributed by atoms with Crippen molar-refractivity contribution in [1.82, 2.24) is 20.1 Å². The monoisotopic (exact) mass is 523 g/mol. The van der Waals surface area contributed by atoms with Gasteiger partial charge in [-0.2, -0.15) is 0 Å². The number of amides is 2. The van der Waals surface area contributed by atoms with E-state index in [1.807, 2.05) is 12.1 Å². The fourth-order valence-electron chi connectivity index (χ4n) is 3.39. The molecule has 0 atom stereocenters. The van der Waals surface area contributed by atoms with Crippen molar-refractivity contribution in [3.8, 4) is 11.4 Å². The lowest BCUT2D eigenvalue weighted by Crippen LogP contribution is -2.26. The van der Waals surface area contributed by atoms with Crippen molar-refractivity contribution in [1.29, 1.82) is 0 Å². The number of methoxy groups -OCH3 is 1. The molecular weight excluding hydrogens is 500 g/mol. The van der Waals surface area contributed by atoms with E-state index in [2.05, 4.69) is 20.8 Å². The van der Waals surface area contributed by atoms with Crippen molar-refractivity contribution >= 4 is 29.3 Å². The van der Waals surface area contributed by atoms with Crippen LogP contribution in [-0.2, 0) is 22.6 Å². The molecule has 2 amide bonds. The number of ether oxygens (including phenoxy) is 1. The highest BCUT2D eigenvalue weighted by atomic mass is 32.2. The second kappa shape index (κ2) is 12.1. The molecule has 8 nitrogen and oxygen atoms in total. The van der Waals surface area contributed by atoms with Crippen LogP contribution in [0.3, 0.4) is 0 Å². The van der Waals surface area contributed by atoms with Gasteiger partial charge in [-0.25, -0.2) is 8.78 Å². The van der Waals surface area contributed by atoms with Gasteiger partial charge in [0.1, 0.15) is 17.4 Å². The lowest BCUT2D eigenvalue weighted by Gasteiger charge is -2.11. The Kier molecular flexibility index (Phi) is 8.47. The summed E-state index contributed by atoms with van der Waals surface area (Å²) in [7, 11) is 1.57. The minimum absolute atomic E-state index is 0.000529. The number of thioether (sulfide) groups is 1. The molecule has 11 heteroatoms. The van der Waals surface area contributed by atoms with Gasteiger partial charge in [-0.05, 0) is 66.2 Å². The van der Waals surface area contributed by atoms with Gasteiger partial charge in [0, 0.05) is 11.4 Å². The maximum absolute atomic E-state index is 13.5. The van der Waals surface area contributed by atoms with E-state index in [-0.39, 0.29) is 30.5 Å².